The number of anilines is 2. The summed E-state index contributed by atoms with van der Waals surface area (Å²) in [5, 5.41) is 3.78. The lowest BCUT2D eigenvalue weighted by Crippen LogP contribution is -2.30. The van der Waals surface area contributed by atoms with E-state index in [-0.39, 0.29) is 5.91 Å². The molecule has 0 radical (unpaired) electrons. The number of hydrogen-bond donors (Lipinski definition) is 1. The molecule has 1 amide bonds. The maximum Gasteiger partial charge on any atom is 0.224 e. The van der Waals surface area contributed by atoms with Crippen LogP contribution in [0.25, 0.3) is 0 Å². The van der Waals surface area contributed by atoms with E-state index in [4.69, 9.17) is 0 Å². The zero-order chi connectivity index (χ0) is 16.6. The number of amides is 1. The molecule has 132 valence electrons. The van der Waals surface area contributed by atoms with Gasteiger partial charge in [-0.05, 0) is 50.7 Å². The Kier molecular flexibility index (Phi) is 7.14. The van der Waals surface area contributed by atoms with E-state index in [0.717, 1.165) is 42.7 Å². The molecule has 0 aliphatic carbocycles. The number of carbonyl (C=O) groups excluding carboxylic acids is 1. The third kappa shape index (κ3) is 5.59. The molecule has 0 saturated carbocycles. The number of aromatic nitrogens is 1. The first-order valence-corrected chi connectivity index (χ1v) is 11.5. The summed E-state index contributed by atoms with van der Waals surface area (Å²) in [5.41, 5.74) is 0.809. The summed E-state index contributed by atoms with van der Waals surface area (Å²) in [5.74, 6) is 2.42. The Labute approximate surface area is 153 Å². The Morgan fingerprint density at radius 2 is 2.12 bits per heavy atom. The van der Waals surface area contributed by atoms with E-state index in [1.165, 1.54) is 37.9 Å². The molecule has 0 bridgehead atoms. The van der Waals surface area contributed by atoms with E-state index in [1.54, 1.807) is 6.20 Å². The van der Waals surface area contributed by atoms with Crippen LogP contribution in [0.15, 0.2) is 18.3 Å². The van der Waals surface area contributed by atoms with E-state index in [9.17, 15) is 4.79 Å². The lowest BCUT2D eigenvalue weighted by atomic mass is 10.1. The number of nitrogens with zero attached hydrogens (tertiary/aromatic N) is 2. The minimum atomic E-state index is 0.107. The average molecular weight is 366 g/mol. The molecule has 1 aromatic heterocycles. The van der Waals surface area contributed by atoms with Gasteiger partial charge in [0.15, 0.2) is 0 Å². The number of pyridine rings is 1. The summed E-state index contributed by atoms with van der Waals surface area (Å²) in [4.78, 5) is 18.9. The first kappa shape index (κ1) is 17.9. The first-order chi connectivity index (χ1) is 11.8. The van der Waals surface area contributed by atoms with Gasteiger partial charge in [0.05, 0.1) is 11.9 Å². The number of nitrogens with one attached hydrogen (secondary N) is 1. The van der Waals surface area contributed by atoms with Crippen molar-refractivity contribution < 1.29 is 4.79 Å². The van der Waals surface area contributed by atoms with Crippen molar-refractivity contribution in [3.63, 3.8) is 0 Å². The number of rotatable bonds is 7. The van der Waals surface area contributed by atoms with Gasteiger partial charge in [0.25, 0.3) is 0 Å². The van der Waals surface area contributed by atoms with Crippen molar-refractivity contribution in [2.75, 3.05) is 29.1 Å². The summed E-state index contributed by atoms with van der Waals surface area (Å²) in [6.07, 6.45) is 10.9. The third-order valence-electron chi connectivity index (χ3n) is 4.62. The first-order valence-electron chi connectivity index (χ1n) is 9.10. The minimum absolute atomic E-state index is 0.107. The van der Waals surface area contributed by atoms with Crippen molar-refractivity contribution in [2.45, 2.75) is 56.6 Å². The molecule has 4 nitrogen and oxygen atoms in total. The second-order valence-electron chi connectivity index (χ2n) is 6.58. The quantitative estimate of drug-likeness (QED) is 0.559. The summed E-state index contributed by atoms with van der Waals surface area (Å²) in [6, 6.07) is 4.00. The largest absolute Gasteiger partial charge is 0.357 e. The molecule has 2 aliphatic rings. The Hall–Kier alpha value is -0.880. The van der Waals surface area contributed by atoms with E-state index < -0.39 is 0 Å². The Morgan fingerprint density at radius 3 is 2.83 bits per heavy atom. The molecule has 2 aliphatic heterocycles. The summed E-state index contributed by atoms with van der Waals surface area (Å²) >= 11 is 0. The zero-order valence-electron chi connectivity index (χ0n) is 14.2. The number of carbonyl (C=O) groups is 1. The molecule has 24 heavy (non-hydrogen) atoms. The highest BCUT2D eigenvalue weighted by Crippen LogP contribution is 2.39. The minimum Gasteiger partial charge on any atom is -0.357 e. The van der Waals surface area contributed by atoms with E-state index in [2.05, 4.69) is 15.2 Å². The molecule has 1 unspecified atom stereocenters. The second-order valence-corrected chi connectivity index (χ2v) is 9.36. The van der Waals surface area contributed by atoms with Crippen molar-refractivity contribution in [3.05, 3.63) is 18.3 Å². The molecule has 6 heteroatoms. The highest BCUT2D eigenvalue weighted by atomic mass is 33.1. The van der Waals surface area contributed by atoms with Crippen LogP contribution in [-0.2, 0) is 4.79 Å². The predicted octanol–water partition coefficient (Wildman–Crippen LogP) is 4.72. The number of piperidine rings is 1. The average Bonchev–Trinajstić information content (AvgIpc) is 3.14. The van der Waals surface area contributed by atoms with Crippen LogP contribution in [0.4, 0.5) is 11.5 Å². The standard InChI is InChI=1S/C18H27N3OS2/c22-18(7-3-2-6-16-10-13-23-24-16)20-15-8-9-17(19-14-15)21-11-4-1-5-12-21/h8-9,14,16H,1-7,10-13H2,(H,20,22). The van der Waals surface area contributed by atoms with Gasteiger partial charge >= 0.3 is 0 Å². The molecule has 0 spiro atoms. The van der Waals surface area contributed by atoms with Crippen LogP contribution in [0.2, 0.25) is 0 Å². The molecule has 2 saturated heterocycles. The lowest BCUT2D eigenvalue weighted by molar-refractivity contribution is -0.116. The van der Waals surface area contributed by atoms with E-state index >= 15 is 0 Å². The van der Waals surface area contributed by atoms with Crippen LogP contribution >= 0.6 is 21.6 Å². The van der Waals surface area contributed by atoms with Crippen LogP contribution in [-0.4, -0.2) is 35.0 Å². The molecular formula is C18H27N3OS2. The van der Waals surface area contributed by atoms with Gasteiger partial charge in [-0.1, -0.05) is 28.0 Å². The van der Waals surface area contributed by atoms with Gasteiger partial charge in [0.2, 0.25) is 5.91 Å². The van der Waals surface area contributed by atoms with Gasteiger partial charge in [0.1, 0.15) is 5.82 Å². The number of hydrogen-bond acceptors (Lipinski definition) is 5. The molecule has 0 aromatic carbocycles. The maximum atomic E-state index is 12.0. The van der Waals surface area contributed by atoms with Gasteiger partial charge in [-0.25, -0.2) is 4.98 Å². The fourth-order valence-electron chi connectivity index (χ4n) is 3.22. The fourth-order valence-corrected chi connectivity index (χ4v) is 6.24. The van der Waals surface area contributed by atoms with Crippen molar-refractivity contribution in [1.82, 2.24) is 4.98 Å². The normalized spacial score (nSPS) is 21.0. The van der Waals surface area contributed by atoms with Gasteiger partial charge in [-0.3, -0.25) is 4.79 Å². The Balaban J connectivity index is 1.36. The van der Waals surface area contributed by atoms with Gasteiger partial charge < -0.3 is 10.2 Å². The van der Waals surface area contributed by atoms with Gasteiger partial charge in [0, 0.05) is 30.5 Å². The highest BCUT2D eigenvalue weighted by Gasteiger charge is 2.16. The third-order valence-corrected chi connectivity index (χ3v) is 7.63. The van der Waals surface area contributed by atoms with Crippen LogP contribution < -0.4 is 10.2 Å². The van der Waals surface area contributed by atoms with Gasteiger partial charge in [-0.15, -0.1) is 0 Å². The lowest BCUT2D eigenvalue weighted by Gasteiger charge is -2.27. The van der Waals surface area contributed by atoms with Gasteiger partial charge in [-0.2, -0.15) is 0 Å². The molecule has 2 fully saturated rings. The van der Waals surface area contributed by atoms with E-state index in [1.807, 2.05) is 33.7 Å². The monoisotopic (exact) mass is 365 g/mol. The molecule has 3 rings (SSSR count). The Morgan fingerprint density at radius 1 is 1.25 bits per heavy atom. The number of unbranched alkanes of at least 4 members (excludes halogenated alkanes) is 1. The van der Waals surface area contributed by atoms with Crippen molar-refractivity contribution in [2.24, 2.45) is 0 Å². The van der Waals surface area contributed by atoms with Crippen molar-refractivity contribution in [1.29, 1.82) is 0 Å². The summed E-state index contributed by atoms with van der Waals surface area (Å²) < 4.78 is 0. The fraction of sp³-hybridized carbons (Fsp3) is 0.667. The Bertz CT molecular complexity index is 512. The van der Waals surface area contributed by atoms with E-state index in [0.29, 0.717) is 6.42 Å². The SMILES string of the molecule is O=C(CCCCC1CCSS1)Nc1ccc(N2CCCCC2)nc1. The zero-order valence-corrected chi connectivity index (χ0v) is 15.8. The molecule has 1 N–H and O–H groups in total. The predicted molar refractivity (Wildman–Crippen MR) is 106 cm³/mol. The molecular weight excluding hydrogens is 338 g/mol. The maximum absolute atomic E-state index is 12.0. The van der Waals surface area contributed by atoms with Crippen molar-refractivity contribution >= 4 is 39.0 Å². The molecule has 1 aromatic rings. The molecule has 3 heterocycles. The summed E-state index contributed by atoms with van der Waals surface area (Å²) in [6.45, 7) is 2.19. The highest BCUT2D eigenvalue weighted by molar-refractivity contribution is 8.77. The van der Waals surface area contributed by atoms with Crippen LogP contribution in [0, 0.1) is 0 Å². The van der Waals surface area contributed by atoms with Crippen LogP contribution in [0.5, 0.6) is 0 Å². The second kappa shape index (κ2) is 9.56. The van der Waals surface area contributed by atoms with Crippen molar-refractivity contribution in [3.8, 4) is 0 Å². The van der Waals surface area contributed by atoms with Crippen LogP contribution in [0.1, 0.15) is 51.4 Å². The summed E-state index contributed by atoms with van der Waals surface area (Å²) in [7, 11) is 4.01. The molecule has 1 atom stereocenters. The smallest absolute Gasteiger partial charge is 0.224 e. The van der Waals surface area contributed by atoms with Crippen LogP contribution in [0.3, 0.4) is 0 Å². The topological polar surface area (TPSA) is 45.2 Å².